The maximum absolute atomic E-state index is 13.0. The van der Waals surface area contributed by atoms with Gasteiger partial charge in [0.05, 0.1) is 42.5 Å². The van der Waals surface area contributed by atoms with Crippen LogP contribution in [0.15, 0.2) is 113 Å². The fourth-order valence-electron chi connectivity index (χ4n) is 7.08. The number of esters is 1. The number of cyclic esters (lactones) is 1. The van der Waals surface area contributed by atoms with Gasteiger partial charge < -0.3 is 53.6 Å². The van der Waals surface area contributed by atoms with Crippen molar-refractivity contribution in [3.63, 3.8) is 0 Å². The molecule has 15 atom stereocenters. The van der Waals surface area contributed by atoms with E-state index in [0.29, 0.717) is 11.6 Å². The first kappa shape index (κ1) is 51.3. The number of fused-ring (bicyclic) bond motifs is 2. The second-order valence-corrected chi connectivity index (χ2v) is 16.0. The number of aliphatic hydroxyl groups is 5. The van der Waals surface area contributed by atoms with Crippen molar-refractivity contribution in [2.45, 2.75) is 135 Å². The lowest BCUT2D eigenvalue weighted by atomic mass is 9.86. The van der Waals surface area contributed by atoms with Crippen LogP contribution in [0.2, 0.25) is 0 Å². The molecular formula is C48H69NO12. The molecular weight excluding hydrogens is 783 g/mol. The first-order chi connectivity index (χ1) is 29.1. The fraction of sp³-hybridized carbons (Fsp3) is 0.542. The average molecular weight is 852 g/mol. The van der Waals surface area contributed by atoms with E-state index in [-0.39, 0.29) is 24.7 Å². The highest BCUT2D eigenvalue weighted by Crippen LogP contribution is 2.29. The maximum Gasteiger partial charge on any atom is 0.331 e. The van der Waals surface area contributed by atoms with Gasteiger partial charge in [0.1, 0.15) is 36.4 Å². The molecule has 1 saturated heterocycles. The van der Waals surface area contributed by atoms with Crippen molar-refractivity contribution in [2.75, 3.05) is 14.2 Å². The van der Waals surface area contributed by atoms with Crippen LogP contribution in [0.4, 0.5) is 0 Å². The van der Waals surface area contributed by atoms with Crippen LogP contribution in [0.5, 0.6) is 0 Å². The van der Waals surface area contributed by atoms with Crippen molar-refractivity contribution < 1.29 is 58.4 Å². The van der Waals surface area contributed by atoms with Crippen molar-refractivity contribution in [3.8, 4) is 0 Å². The van der Waals surface area contributed by atoms with Crippen molar-refractivity contribution in [1.29, 1.82) is 0 Å². The van der Waals surface area contributed by atoms with Crippen molar-refractivity contribution in [3.05, 3.63) is 121 Å². The van der Waals surface area contributed by atoms with E-state index in [4.69, 9.17) is 28.1 Å². The molecule has 0 amide bonds. The molecule has 3 rings (SSSR count). The van der Waals surface area contributed by atoms with Crippen LogP contribution >= 0.6 is 0 Å². The zero-order valence-electron chi connectivity index (χ0n) is 37.0. The topological polar surface area (TPSA) is 190 Å². The van der Waals surface area contributed by atoms with E-state index < -0.39 is 85.1 Å². The summed E-state index contributed by atoms with van der Waals surface area (Å²) in [6.45, 7) is 12.8. The zero-order valence-corrected chi connectivity index (χ0v) is 37.0. The molecule has 1 aromatic heterocycles. The Kier molecular flexibility index (Phi) is 22.3. The SMILES string of the molecule is COC1C(OC2C=CC=Cc3coc(n3)C(C)C(O)CC(O)C=CC=CC=CC(C)C(C(C)C(O)CC(C)O)OC(=O)C=CC=CC=CC(C)=CC2C)OC(C)C(O)C1OC. The molecule has 61 heavy (non-hydrogen) atoms. The van der Waals surface area contributed by atoms with E-state index in [1.807, 2.05) is 51.2 Å². The number of aliphatic hydroxyl groups excluding tert-OH is 5. The first-order valence-electron chi connectivity index (χ1n) is 21.0. The molecule has 13 nitrogen and oxygen atoms in total. The standard InChI is InChI=1S/C48H69NO12/c1-30-20-14-10-13-17-25-42(54)61-44(34(5)39(52)27-33(4)50)31(2)21-15-11-12-16-23-38(51)28-40(53)35(6)47-49-37(29-58-47)22-18-19-24-41(32(3)26-30)60-48-46(57-9)45(56-8)43(55)36(7)59-48/h10-26,29,31-36,38-41,43-46,48,50-53,55H,27-28H2,1-9H3. The van der Waals surface area contributed by atoms with Gasteiger partial charge in [0.15, 0.2) is 12.2 Å². The summed E-state index contributed by atoms with van der Waals surface area (Å²) in [5.74, 6) is -1.69. The number of oxazole rings is 1. The van der Waals surface area contributed by atoms with Gasteiger partial charge in [0.2, 0.25) is 0 Å². The van der Waals surface area contributed by atoms with E-state index in [9.17, 15) is 30.3 Å². The van der Waals surface area contributed by atoms with Crippen molar-refractivity contribution in [1.82, 2.24) is 4.98 Å². The average Bonchev–Trinajstić information content (AvgIpc) is 3.69. The molecule has 2 aliphatic rings. The van der Waals surface area contributed by atoms with Gasteiger partial charge in [-0.15, -0.1) is 0 Å². The lowest BCUT2D eigenvalue weighted by molar-refractivity contribution is -0.310. The summed E-state index contributed by atoms with van der Waals surface area (Å²) in [5.41, 5.74) is 1.49. The molecule has 0 aromatic carbocycles. The molecule has 15 unspecified atom stereocenters. The van der Waals surface area contributed by atoms with Gasteiger partial charge >= 0.3 is 5.97 Å². The van der Waals surface area contributed by atoms with Gasteiger partial charge in [-0.1, -0.05) is 124 Å². The largest absolute Gasteiger partial charge is 0.458 e. The summed E-state index contributed by atoms with van der Waals surface area (Å²) in [7, 11) is 3.03. The van der Waals surface area contributed by atoms with E-state index in [0.717, 1.165) is 5.57 Å². The third kappa shape index (κ3) is 17.0. The molecule has 5 N–H and O–H groups in total. The molecule has 2 aliphatic heterocycles. The second-order valence-electron chi connectivity index (χ2n) is 16.0. The number of allylic oxidation sites excluding steroid dienone is 12. The second kappa shape index (κ2) is 26.5. The number of methoxy groups -OCH3 is 2. The quantitative estimate of drug-likeness (QED) is 0.185. The van der Waals surface area contributed by atoms with Crippen LogP contribution in [-0.2, 0) is 28.5 Å². The highest BCUT2D eigenvalue weighted by molar-refractivity contribution is 5.82. The molecule has 1 aromatic rings. The summed E-state index contributed by atoms with van der Waals surface area (Å²) in [6.07, 6.45) is 23.2. The Morgan fingerprint density at radius 3 is 2.10 bits per heavy atom. The van der Waals surface area contributed by atoms with Gasteiger partial charge in [-0.25, -0.2) is 9.78 Å². The Hall–Kier alpha value is -4.02. The van der Waals surface area contributed by atoms with E-state index in [2.05, 4.69) is 11.1 Å². The Balaban J connectivity index is 1.94. The molecule has 13 heteroatoms. The number of carbonyl (C=O) groups is 1. The molecule has 2 bridgehead atoms. The monoisotopic (exact) mass is 851 g/mol. The van der Waals surface area contributed by atoms with Gasteiger partial charge in [-0.2, -0.15) is 0 Å². The third-order valence-electron chi connectivity index (χ3n) is 10.8. The predicted molar refractivity (Wildman–Crippen MR) is 235 cm³/mol. The summed E-state index contributed by atoms with van der Waals surface area (Å²) >= 11 is 0. The van der Waals surface area contributed by atoms with Crippen molar-refractivity contribution >= 4 is 12.0 Å². The fourth-order valence-corrected chi connectivity index (χ4v) is 7.08. The number of hydrogen-bond donors (Lipinski definition) is 5. The van der Waals surface area contributed by atoms with E-state index in [1.165, 1.54) is 26.6 Å². The van der Waals surface area contributed by atoms with Crippen LogP contribution < -0.4 is 0 Å². The number of nitrogens with zero attached hydrogens (tertiary/aromatic N) is 1. The molecule has 338 valence electrons. The van der Waals surface area contributed by atoms with Gasteiger partial charge in [0, 0.05) is 44.5 Å². The molecule has 0 radical (unpaired) electrons. The molecule has 1 fully saturated rings. The Labute approximate surface area is 361 Å². The summed E-state index contributed by atoms with van der Waals surface area (Å²) in [4.78, 5) is 17.5. The molecule has 0 aliphatic carbocycles. The lowest BCUT2D eigenvalue weighted by Crippen LogP contribution is -2.59. The van der Waals surface area contributed by atoms with Crippen LogP contribution in [0.25, 0.3) is 6.08 Å². The smallest absolute Gasteiger partial charge is 0.331 e. The highest BCUT2D eigenvalue weighted by Gasteiger charge is 2.46. The molecule has 0 saturated carbocycles. The van der Waals surface area contributed by atoms with Crippen LogP contribution in [0.3, 0.4) is 0 Å². The maximum atomic E-state index is 13.0. The van der Waals surface area contributed by atoms with Crippen molar-refractivity contribution in [2.24, 2.45) is 17.8 Å². The lowest BCUT2D eigenvalue weighted by Gasteiger charge is -2.43. The van der Waals surface area contributed by atoms with Gasteiger partial charge in [0.25, 0.3) is 0 Å². The molecule has 3 heterocycles. The third-order valence-corrected chi connectivity index (χ3v) is 10.8. The predicted octanol–water partition coefficient (Wildman–Crippen LogP) is 6.23. The highest BCUT2D eigenvalue weighted by atomic mass is 16.7. The van der Waals surface area contributed by atoms with Gasteiger partial charge in [-0.05, 0) is 33.3 Å². The van der Waals surface area contributed by atoms with E-state index in [1.54, 1.807) is 88.5 Å². The van der Waals surface area contributed by atoms with E-state index >= 15 is 0 Å². The van der Waals surface area contributed by atoms with Crippen LogP contribution in [0.1, 0.15) is 78.8 Å². The minimum absolute atomic E-state index is 0.0550. The Morgan fingerprint density at radius 1 is 0.803 bits per heavy atom. The Morgan fingerprint density at radius 2 is 1.43 bits per heavy atom. The Bertz CT molecular complexity index is 1740. The molecule has 0 spiro atoms. The summed E-state index contributed by atoms with van der Waals surface area (Å²) in [6, 6.07) is 0. The van der Waals surface area contributed by atoms with Crippen LogP contribution in [-0.4, -0.2) is 118 Å². The minimum Gasteiger partial charge on any atom is -0.458 e. The summed E-state index contributed by atoms with van der Waals surface area (Å²) < 4.78 is 35.5. The number of carbonyl (C=O) groups excluding carboxylic acids is 1. The van der Waals surface area contributed by atoms with Gasteiger partial charge in [-0.3, -0.25) is 0 Å². The van der Waals surface area contributed by atoms with Crippen LogP contribution in [0, 0.1) is 17.8 Å². The number of hydrogen-bond acceptors (Lipinski definition) is 13. The number of aromatic nitrogens is 1. The number of ether oxygens (including phenoxy) is 5. The minimum atomic E-state index is -0.939. The normalized spacial score (nSPS) is 33.1. The first-order valence-corrected chi connectivity index (χ1v) is 21.0. The number of rotatable bonds is 8. The zero-order chi connectivity index (χ0) is 45.1. The summed E-state index contributed by atoms with van der Waals surface area (Å²) in [5, 5.41) is 52.9.